The summed E-state index contributed by atoms with van der Waals surface area (Å²) in [6, 6.07) is 7.92. The van der Waals surface area contributed by atoms with Crippen LogP contribution < -0.4 is 0 Å². The number of carbonyl (C=O) groups excluding carboxylic acids is 1. The van der Waals surface area contributed by atoms with Gasteiger partial charge in [-0.05, 0) is 66.9 Å². The van der Waals surface area contributed by atoms with Crippen molar-refractivity contribution in [3.63, 3.8) is 0 Å². The minimum atomic E-state index is -0.533. The molecule has 2 unspecified atom stereocenters. The molecule has 0 spiro atoms. The number of hydrogen-bond acceptors (Lipinski definition) is 5. The first-order chi connectivity index (χ1) is 17.2. The summed E-state index contributed by atoms with van der Waals surface area (Å²) in [7, 11) is 0. The van der Waals surface area contributed by atoms with Crippen molar-refractivity contribution in [2.75, 3.05) is 6.61 Å². The van der Waals surface area contributed by atoms with Gasteiger partial charge in [-0.15, -0.1) is 0 Å². The summed E-state index contributed by atoms with van der Waals surface area (Å²) < 4.78 is 7.44. The van der Waals surface area contributed by atoms with Crippen molar-refractivity contribution >= 4 is 12.0 Å². The smallest absolute Gasteiger partial charge is 0.343 e. The topological polar surface area (TPSA) is 84.6 Å². The van der Waals surface area contributed by atoms with Gasteiger partial charge in [-0.25, -0.2) is 9.78 Å². The van der Waals surface area contributed by atoms with Crippen LogP contribution in [0.2, 0.25) is 0 Å². The quantitative estimate of drug-likeness (QED) is 0.459. The maximum absolute atomic E-state index is 12.6. The van der Waals surface area contributed by atoms with Crippen molar-refractivity contribution in [3.05, 3.63) is 90.3 Å². The average Bonchev–Trinajstić information content (AvgIpc) is 3.52. The molecule has 2 N–H and O–H groups in total. The summed E-state index contributed by atoms with van der Waals surface area (Å²) in [5.41, 5.74) is 2.92. The van der Waals surface area contributed by atoms with E-state index in [1.54, 1.807) is 18.6 Å². The van der Waals surface area contributed by atoms with Crippen LogP contribution in [0.5, 0.6) is 0 Å². The van der Waals surface area contributed by atoms with E-state index in [-0.39, 0.29) is 29.8 Å². The number of cyclic esters (lactones) is 1. The summed E-state index contributed by atoms with van der Waals surface area (Å²) in [4.78, 5) is 16.7. The lowest BCUT2D eigenvalue weighted by molar-refractivity contribution is -0.145. The first-order valence-corrected chi connectivity index (χ1v) is 12.6. The largest absolute Gasteiger partial charge is 0.423 e. The fourth-order valence-corrected chi connectivity index (χ4v) is 6.61. The molecule has 3 aliphatic rings. The number of allylic oxidation sites excluding steroid dienone is 3. The maximum Gasteiger partial charge on any atom is 0.343 e. The zero-order valence-corrected chi connectivity index (χ0v) is 20.9. The molecule has 0 radical (unpaired) electrons. The van der Waals surface area contributed by atoms with Gasteiger partial charge in [0.05, 0.1) is 24.6 Å². The molecule has 0 saturated heterocycles. The molecule has 6 heteroatoms. The van der Waals surface area contributed by atoms with Crippen LogP contribution in [-0.2, 0) is 9.53 Å². The van der Waals surface area contributed by atoms with Gasteiger partial charge in [0.25, 0.3) is 0 Å². The summed E-state index contributed by atoms with van der Waals surface area (Å²) in [5.74, 6) is 0.376. The molecule has 5 atom stereocenters. The molecule has 1 aromatic heterocycles. The highest BCUT2D eigenvalue weighted by Gasteiger charge is 2.57. The Bertz CT molecular complexity index is 1240. The Kier molecular flexibility index (Phi) is 6.35. The van der Waals surface area contributed by atoms with Crippen LogP contribution in [0.4, 0.5) is 0 Å². The molecular weight excluding hydrogens is 452 g/mol. The van der Waals surface area contributed by atoms with Crippen LogP contribution in [0, 0.1) is 22.7 Å². The van der Waals surface area contributed by atoms with Crippen molar-refractivity contribution in [2.24, 2.45) is 22.7 Å². The molecule has 188 valence electrons. The predicted molar refractivity (Wildman–Crippen MR) is 139 cm³/mol. The Morgan fingerprint density at radius 1 is 1.25 bits per heavy atom. The van der Waals surface area contributed by atoms with Crippen molar-refractivity contribution < 1.29 is 19.7 Å². The van der Waals surface area contributed by atoms with E-state index in [1.165, 1.54) is 0 Å². The van der Waals surface area contributed by atoms with Gasteiger partial charge < -0.3 is 19.5 Å². The number of benzene rings is 1. The zero-order valence-electron chi connectivity index (χ0n) is 20.9. The van der Waals surface area contributed by atoms with Crippen LogP contribution in [0.25, 0.3) is 11.8 Å². The first-order valence-electron chi connectivity index (χ1n) is 12.6. The molecule has 1 aliphatic heterocycles. The van der Waals surface area contributed by atoms with E-state index < -0.39 is 11.5 Å². The minimum Gasteiger partial charge on any atom is -0.423 e. The zero-order chi connectivity index (χ0) is 25.5. The van der Waals surface area contributed by atoms with E-state index in [1.807, 2.05) is 54.1 Å². The number of fused-ring (bicyclic) bond motifs is 1. The lowest BCUT2D eigenvalue weighted by atomic mass is 9.46. The average molecular weight is 487 g/mol. The van der Waals surface area contributed by atoms with E-state index in [9.17, 15) is 15.0 Å². The number of esters is 1. The Morgan fingerprint density at radius 2 is 2.03 bits per heavy atom. The summed E-state index contributed by atoms with van der Waals surface area (Å²) in [5, 5.41) is 20.9. The van der Waals surface area contributed by atoms with Gasteiger partial charge in [-0.3, -0.25) is 0 Å². The third-order valence-corrected chi connectivity index (χ3v) is 8.77. The normalized spacial score (nSPS) is 33.6. The molecule has 2 saturated carbocycles. The fourth-order valence-electron chi connectivity index (χ4n) is 6.61. The minimum absolute atomic E-state index is 0.0354. The number of rotatable bonds is 5. The van der Waals surface area contributed by atoms with Crippen molar-refractivity contribution in [3.8, 4) is 5.69 Å². The standard InChI is InChI=1S/C30H34N2O4/c1-20-4-11-26-29(2,13-12-27(34)30(26,3)18-33)25(20)10-7-22-17-24(36-28(22)35)16-21-5-8-23(9-6-21)32-15-14-31-19-32/h5-10,14-17,19,25-27,33-34H,1,4,11-13,18H2,2-3H3/t25?,26?,27-,29-,30+/m1/s1. The molecule has 0 amide bonds. The van der Waals surface area contributed by atoms with E-state index in [2.05, 4.69) is 24.6 Å². The molecule has 2 aliphatic carbocycles. The van der Waals surface area contributed by atoms with E-state index in [4.69, 9.17) is 4.74 Å². The fraction of sp³-hybridized carbons (Fsp3) is 0.400. The highest BCUT2D eigenvalue weighted by atomic mass is 16.5. The molecule has 0 bridgehead atoms. The molecule has 2 aromatic rings. The highest BCUT2D eigenvalue weighted by Crippen LogP contribution is 2.61. The number of carbonyl (C=O) groups is 1. The Morgan fingerprint density at radius 3 is 2.72 bits per heavy atom. The van der Waals surface area contributed by atoms with Gasteiger partial charge in [0.1, 0.15) is 5.76 Å². The van der Waals surface area contributed by atoms with Crippen molar-refractivity contribution in [1.82, 2.24) is 9.55 Å². The maximum atomic E-state index is 12.6. The second kappa shape index (κ2) is 9.34. The first kappa shape index (κ1) is 24.5. The summed E-state index contributed by atoms with van der Waals surface area (Å²) in [6.45, 7) is 8.57. The monoisotopic (exact) mass is 486 g/mol. The van der Waals surface area contributed by atoms with Crippen molar-refractivity contribution in [1.29, 1.82) is 0 Å². The number of imidazole rings is 1. The van der Waals surface area contributed by atoms with Crippen LogP contribution in [0.1, 0.15) is 45.1 Å². The number of aliphatic hydroxyl groups excluding tert-OH is 2. The van der Waals surface area contributed by atoms with Gasteiger partial charge in [-0.2, -0.15) is 0 Å². The number of aromatic nitrogens is 2. The number of ether oxygens (including phenoxy) is 1. The van der Waals surface area contributed by atoms with Gasteiger partial charge in [0.2, 0.25) is 0 Å². The highest BCUT2D eigenvalue weighted by molar-refractivity contribution is 5.96. The van der Waals surface area contributed by atoms with Gasteiger partial charge in [0.15, 0.2) is 0 Å². The molecule has 5 rings (SSSR count). The molecule has 36 heavy (non-hydrogen) atoms. The van der Waals surface area contributed by atoms with E-state index in [0.717, 1.165) is 36.1 Å². The van der Waals surface area contributed by atoms with Gasteiger partial charge in [0, 0.05) is 29.4 Å². The number of hydrogen-bond donors (Lipinski definition) is 2. The molecule has 2 heterocycles. The Balaban J connectivity index is 1.36. The van der Waals surface area contributed by atoms with Gasteiger partial charge >= 0.3 is 5.97 Å². The molecule has 6 nitrogen and oxygen atoms in total. The molecule has 1 aromatic carbocycles. The second-order valence-corrected chi connectivity index (χ2v) is 10.9. The van der Waals surface area contributed by atoms with E-state index >= 15 is 0 Å². The lowest BCUT2D eigenvalue weighted by Crippen LogP contribution is -2.57. The third-order valence-electron chi connectivity index (χ3n) is 8.77. The SMILES string of the molecule is C=C1CCC2[C@](C)(CC[C@@H](O)[C@@]2(C)CO)C1C=CC1=CC(=Cc2ccc(-n3ccnc3)cc2)OC1=O. The third kappa shape index (κ3) is 4.18. The predicted octanol–water partition coefficient (Wildman–Crippen LogP) is 4.99. The summed E-state index contributed by atoms with van der Waals surface area (Å²) >= 11 is 0. The molecule has 2 fully saturated rings. The van der Waals surface area contributed by atoms with E-state index in [0.29, 0.717) is 17.8 Å². The Labute approximate surface area is 212 Å². The Hall–Kier alpha value is -3.22. The number of nitrogens with zero attached hydrogens (tertiary/aromatic N) is 2. The summed E-state index contributed by atoms with van der Waals surface area (Å²) in [6.07, 6.45) is 15.7. The van der Waals surface area contributed by atoms with Crippen LogP contribution >= 0.6 is 0 Å². The van der Waals surface area contributed by atoms with Gasteiger partial charge in [-0.1, -0.05) is 50.3 Å². The second-order valence-electron chi connectivity index (χ2n) is 10.9. The molecular formula is C30H34N2O4. The van der Waals surface area contributed by atoms with Crippen LogP contribution in [0.15, 0.2) is 84.7 Å². The number of aliphatic hydroxyl groups is 2. The van der Waals surface area contributed by atoms with Crippen LogP contribution in [0.3, 0.4) is 0 Å². The lowest BCUT2D eigenvalue weighted by Gasteiger charge is -2.59. The van der Waals surface area contributed by atoms with Crippen molar-refractivity contribution in [2.45, 2.75) is 45.6 Å². The van der Waals surface area contributed by atoms with Crippen LogP contribution in [-0.4, -0.2) is 38.4 Å².